The van der Waals surface area contributed by atoms with Gasteiger partial charge in [-0.1, -0.05) is 37.3 Å². The van der Waals surface area contributed by atoms with Crippen molar-refractivity contribution in [2.75, 3.05) is 40.3 Å². The molecule has 0 radical (unpaired) electrons. The van der Waals surface area contributed by atoms with Crippen LogP contribution in [0.2, 0.25) is 0 Å². The van der Waals surface area contributed by atoms with Crippen molar-refractivity contribution in [2.24, 2.45) is 11.7 Å². The van der Waals surface area contributed by atoms with E-state index in [0.717, 1.165) is 18.9 Å². The number of likely N-dealkylation sites (tertiary alicyclic amines) is 1. The molecule has 21 heavy (non-hydrogen) atoms. The molecular weight excluding hydrogens is 258 g/mol. The average Bonchev–Trinajstić information content (AvgIpc) is 2.90. The van der Waals surface area contributed by atoms with E-state index in [-0.39, 0.29) is 0 Å². The SMILES string of the molecule is CC(CC(CN)N(C)CC1CCN(C)C1)c1ccccc1. The molecule has 1 saturated heterocycles. The van der Waals surface area contributed by atoms with Crippen molar-refractivity contribution in [3.63, 3.8) is 0 Å². The van der Waals surface area contributed by atoms with Crippen LogP contribution >= 0.6 is 0 Å². The maximum atomic E-state index is 6.05. The predicted molar refractivity (Wildman–Crippen MR) is 90.6 cm³/mol. The van der Waals surface area contributed by atoms with Gasteiger partial charge in [0.25, 0.3) is 0 Å². The van der Waals surface area contributed by atoms with Gasteiger partial charge >= 0.3 is 0 Å². The van der Waals surface area contributed by atoms with Crippen LogP contribution in [0.1, 0.15) is 31.2 Å². The van der Waals surface area contributed by atoms with Gasteiger partial charge in [0, 0.05) is 25.7 Å². The van der Waals surface area contributed by atoms with Gasteiger partial charge in [0.1, 0.15) is 0 Å². The molecule has 0 spiro atoms. The molecule has 1 aromatic rings. The van der Waals surface area contributed by atoms with E-state index in [1.807, 2.05) is 0 Å². The van der Waals surface area contributed by atoms with E-state index < -0.39 is 0 Å². The number of hydrogen-bond acceptors (Lipinski definition) is 3. The van der Waals surface area contributed by atoms with Crippen molar-refractivity contribution in [3.05, 3.63) is 35.9 Å². The minimum Gasteiger partial charge on any atom is -0.329 e. The van der Waals surface area contributed by atoms with Gasteiger partial charge in [0.2, 0.25) is 0 Å². The fourth-order valence-electron chi connectivity index (χ4n) is 3.51. The monoisotopic (exact) mass is 289 g/mol. The molecule has 1 aliphatic heterocycles. The van der Waals surface area contributed by atoms with Crippen LogP contribution in [-0.2, 0) is 0 Å². The Kier molecular flexibility index (Phi) is 6.22. The van der Waals surface area contributed by atoms with Crippen molar-refractivity contribution < 1.29 is 0 Å². The third-order valence-corrected chi connectivity index (χ3v) is 4.92. The second-order valence-electron chi connectivity index (χ2n) is 6.79. The highest BCUT2D eigenvalue weighted by Gasteiger charge is 2.24. The number of hydrogen-bond donors (Lipinski definition) is 1. The second kappa shape index (κ2) is 7.92. The average molecular weight is 289 g/mol. The first-order chi connectivity index (χ1) is 10.1. The number of nitrogens with zero attached hydrogens (tertiary/aromatic N) is 2. The normalized spacial score (nSPS) is 22.6. The topological polar surface area (TPSA) is 32.5 Å². The molecule has 3 atom stereocenters. The molecule has 1 aliphatic rings. The fraction of sp³-hybridized carbons (Fsp3) is 0.667. The summed E-state index contributed by atoms with van der Waals surface area (Å²) in [6.45, 7) is 6.71. The van der Waals surface area contributed by atoms with E-state index >= 15 is 0 Å². The molecular formula is C18H31N3. The zero-order valence-corrected chi connectivity index (χ0v) is 13.8. The van der Waals surface area contributed by atoms with Crippen LogP contribution in [0.15, 0.2) is 30.3 Å². The summed E-state index contributed by atoms with van der Waals surface area (Å²) in [5.41, 5.74) is 7.47. The van der Waals surface area contributed by atoms with Crippen LogP contribution in [0.4, 0.5) is 0 Å². The van der Waals surface area contributed by atoms with E-state index in [4.69, 9.17) is 5.73 Å². The maximum Gasteiger partial charge on any atom is 0.0221 e. The van der Waals surface area contributed by atoms with E-state index in [2.05, 4.69) is 61.2 Å². The van der Waals surface area contributed by atoms with Crippen LogP contribution in [0.3, 0.4) is 0 Å². The highest BCUT2D eigenvalue weighted by atomic mass is 15.2. The Hall–Kier alpha value is -0.900. The Morgan fingerprint density at radius 3 is 2.62 bits per heavy atom. The van der Waals surface area contributed by atoms with Crippen molar-refractivity contribution in [3.8, 4) is 0 Å². The van der Waals surface area contributed by atoms with Crippen LogP contribution in [0, 0.1) is 5.92 Å². The van der Waals surface area contributed by atoms with Crippen molar-refractivity contribution in [2.45, 2.75) is 31.7 Å². The first kappa shape index (κ1) is 16.5. The lowest BCUT2D eigenvalue weighted by Gasteiger charge is -2.31. The van der Waals surface area contributed by atoms with Gasteiger partial charge in [-0.2, -0.15) is 0 Å². The number of likely N-dealkylation sites (N-methyl/N-ethyl adjacent to an activating group) is 1. The summed E-state index contributed by atoms with van der Waals surface area (Å²) < 4.78 is 0. The molecule has 1 fully saturated rings. The summed E-state index contributed by atoms with van der Waals surface area (Å²) in [5, 5.41) is 0. The zero-order valence-electron chi connectivity index (χ0n) is 13.8. The molecule has 2 rings (SSSR count). The van der Waals surface area contributed by atoms with Gasteiger partial charge in [-0.05, 0) is 50.9 Å². The van der Waals surface area contributed by atoms with Gasteiger partial charge in [0.15, 0.2) is 0 Å². The summed E-state index contributed by atoms with van der Waals surface area (Å²) in [7, 11) is 4.46. The molecule has 118 valence electrons. The molecule has 3 nitrogen and oxygen atoms in total. The second-order valence-corrected chi connectivity index (χ2v) is 6.79. The molecule has 0 saturated carbocycles. The molecule has 2 N–H and O–H groups in total. The molecule has 0 aliphatic carbocycles. The molecule has 0 bridgehead atoms. The Morgan fingerprint density at radius 1 is 1.33 bits per heavy atom. The molecule has 3 heteroatoms. The van der Waals surface area contributed by atoms with Gasteiger partial charge in [-0.3, -0.25) is 0 Å². The standard InChI is InChI=1S/C18H31N3/c1-15(17-7-5-4-6-8-17)11-18(12-19)21(3)14-16-9-10-20(2)13-16/h4-8,15-16,18H,9-14,19H2,1-3H3. The molecule has 0 aromatic heterocycles. The molecule has 1 heterocycles. The third-order valence-electron chi connectivity index (χ3n) is 4.92. The minimum atomic E-state index is 0.478. The number of nitrogens with two attached hydrogens (primary N) is 1. The van der Waals surface area contributed by atoms with Crippen molar-refractivity contribution >= 4 is 0 Å². The van der Waals surface area contributed by atoms with Gasteiger partial charge < -0.3 is 15.5 Å². The summed E-state index contributed by atoms with van der Waals surface area (Å²) in [6, 6.07) is 11.3. The quantitative estimate of drug-likeness (QED) is 0.836. The van der Waals surface area contributed by atoms with E-state index in [1.54, 1.807) is 0 Å². The largest absolute Gasteiger partial charge is 0.329 e. The first-order valence-electron chi connectivity index (χ1n) is 8.24. The third kappa shape index (κ3) is 4.80. The lowest BCUT2D eigenvalue weighted by Crippen LogP contribution is -2.41. The van der Waals surface area contributed by atoms with E-state index in [9.17, 15) is 0 Å². The van der Waals surface area contributed by atoms with Gasteiger partial charge in [-0.15, -0.1) is 0 Å². The zero-order chi connectivity index (χ0) is 15.2. The Morgan fingerprint density at radius 2 is 2.05 bits per heavy atom. The van der Waals surface area contributed by atoms with Crippen LogP contribution in [0.5, 0.6) is 0 Å². The Balaban J connectivity index is 1.86. The highest BCUT2D eigenvalue weighted by Crippen LogP contribution is 2.23. The summed E-state index contributed by atoms with van der Waals surface area (Å²) in [6.07, 6.45) is 2.46. The maximum absolute atomic E-state index is 6.05. The Labute approximate surface area is 130 Å². The van der Waals surface area contributed by atoms with Crippen LogP contribution < -0.4 is 5.73 Å². The van der Waals surface area contributed by atoms with Crippen molar-refractivity contribution in [1.82, 2.24) is 9.80 Å². The Bertz CT molecular complexity index is 406. The summed E-state index contributed by atoms with van der Waals surface area (Å²) in [5.74, 6) is 1.37. The minimum absolute atomic E-state index is 0.478. The molecule has 3 unspecified atom stereocenters. The van der Waals surface area contributed by atoms with E-state index in [1.165, 1.54) is 31.6 Å². The lowest BCUT2D eigenvalue weighted by molar-refractivity contribution is 0.195. The molecule has 0 amide bonds. The summed E-state index contributed by atoms with van der Waals surface area (Å²) >= 11 is 0. The van der Waals surface area contributed by atoms with Crippen LogP contribution in [0.25, 0.3) is 0 Å². The molecule has 1 aromatic carbocycles. The smallest absolute Gasteiger partial charge is 0.0221 e. The highest BCUT2D eigenvalue weighted by molar-refractivity contribution is 5.18. The fourth-order valence-corrected chi connectivity index (χ4v) is 3.51. The predicted octanol–water partition coefficient (Wildman–Crippen LogP) is 2.39. The van der Waals surface area contributed by atoms with Crippen LogP contribution in [-0.4, -0.2) is 56.1 Å². The number of benzene rings is 1. The van der Waals surface area contributed by atoms with Gasteiger partial charge in [0.05, 0.1) is 0 Å². The summed E-state index contributed by atoms with van der Waals surface area (Å²) in [4.78, 5) is 4.92. The van der Waals surface area contributed by atoms with E-state index in [0.29, 0.717) is 12.0 Å². The van der Waals surface area contributed by atoms with Crippen molar-refractivity contribution in [1.29, 1.82) is 0 Å². The number of rotatable bonds is 7. The van der Waals surface area contributed by atoms with Gasteiger partial charge in [-0.25, -0.2) is 0 Å². The first-order valence-corrected chi connectivity index (χ1v) is 8.24. The lowest BCUT2D eigenvalue weighted by atomic mass is 9.93.